The number of ether oxygens (including phenoxy) is 3. The number of nitrogens with two attached hydrogens (primary N) is 1. The maximum absolute atomic E-state index is 10.7. The monoisotopic (exact) mass is 301 g/mol. The Morgan fingerprint density at radius 1 is 1.40 bits per heavy atom. The molecule has 0 saturated carbocycles. The fourth-order valence-corrected chi connectivity index (χ4v) is 1.99. The summed E-state index contributed by atoms with van der Waals surface area (Å²) in [6.07, 6.45) is -4.25. The van der Waals surface area contributed by atoms with Gasteiger partial charge in [-0.25, -0.2) is 0 Å². The molecule has 6 nitrogen and oxygen atoms in total. The van der Waals surface area contributed by atoms with Crippen LogP contribution < -0.4 is 5.73 Å². The molecule has 0 aliphatic carbocycles. The number of primary amides is 1. The van der Waals surface area contributed by atoms with Crippen molar-refractivity contribution in [3.05, 3.63) is 0 Å². The third-order valence-corrected chi connectivity index (χ3v) is 2.78. The number of hydrogen-bond donors (Lipinski definition) is 2. The Balaban J connectivity index is 0.000000246. The Hall–Kier alpha value is -0.900. The topological polar surface area (TPSA) is 91.0 Å². The lowest BCUT2D eigenvalue weighted by atomic mass is 10.0. The quantitative estimate of drug-likeness (QED) is 0.728. The molecule has 0 aromatic rings. The first kappa shape index (κ1) is 17.2. The van der Waals surface area contributed by atoms with E-state index in [4.69, 9.17) is 24.1 Å². The highest BCUT2D eigenvalue weighted by atomic mass is 19.4. The van der Waals surface area contributed by atoms with Gasteiger partial charge in [-0.15, -0.1) is 0 Å². The number of carbonyl (C=O) groups is 1. The van der Waals surface area contributed by atoms with Crippen LogP contribution in [0, 0.1) is 0 Å². The van der Waals surface area contributed by atoms with E-state index in [-0.39, 0.29) is 24.9 Å². The van der Waals surface area contributed by atoms with Crippen LogP contribution in [0.3, 0.4) is 0 Å². The summed E-state index contributed by atoms with van der Waals surface area (Å²) in [4.78, 5) is 9.12. The molecule has 9 heteroatoms. The van der Waals surface area contributed by atoms with E-state index in [0.717, 1.165) is 6.42 Å². The smallest absolute Gasteiger partial charge is 0.394 e. The molecule has 2 heterocycles. The maximum Gasteiger partial charge on any atom is 0.470 e. The summed E-state index contributed by atoms with van der Waals surface area (Å²) in [6.45, 7) is 4.42. The Kier molecular flexibility index (Phi) is 5.36. The fourth-order valence-electron chi connectivity index (χ4n) is 1.99. The molecular formula is C11H18F3NO5. The summed E-state index contributed by atoms with van der Waals surface area (Å²) in [5.41, 5.74) is 3.81. The molecule has 2 aliphatic heterocycles. The molecule has 3 atom stereocenters. The second kappa shape index (κ2) is 6.25. The molecule has 2 rings (SSSR count). The number of aliphatic hydroxyl groups is 1. The van der Waals surface area contributed by atoms with Crippen LogP contribution in [0.25, 0.3) is 0 Å². The van der Waals surface area contributed by atoms with Gasteiger partial charge < -0.3 is 25.1 Å². The van der Waals surface area contributed by atoms with Crippen molar-refractivity contribution in [3.8, 4) is 0 Å². The first-order valence-corrected chi connectivity index (χ1v) is 6.01. The van der Waals surface area contributed by atoms with Gasteiger partial charge in [0.15, 0.2) is 5.79 Å². The average molecular weight is 301 g/mol. The molecule has 0 bridgehead atoms. The van der Waals surface area contributed by atoms with Crippen LogP contribution in [-0.2, 0) is 19.0 Å². The van der Waals surface area contributed by atoms with Crippen molar-refractivity contribution in [2.24, 2.45) is 5.73 Å². The van der Waals surface area contributed by atoms with Crippen LogP contribution in [0.5, 0.6) is 0 Å². The number of rotatable bonds is 1. The van der Waals surface area contributed by atoms with Crippen molar-refractivity contribution in [1.82, 2.24) is 0 Å². The van der Waals surface area contributed by atoms with E-state index in [1.54, 1.807) is 0 Å². The van der Waals surface area contributed by atoms with Crippen LogP contribution >= 0.6 is 0 Å². The Bertz CT molecular complexity index is 347. The molecule has 2 fully saturated rings. The second-order valence-electron chi connectivity index (χ2n) is 4.88. The largest absolute Gasteiger partial charge is 0.470 e. The van der Waals surface area contributed by atoms with Crippen LogP contribution in [-0.4, -0.2) is 54.5 Å². The van der Waals surface area contributed by atoms with Crippen molar-refractivity contribution in [2.75, 3.05) is 13.2 Å². The van der Waals surface area contributed by atoms with E-state index in [2.05, 4.69) is 5.73 Å². The van der Waals surface area contributed by atoms with E-state index in [0.29, 0.717) is 6.61 Å². The third-order valence-electron chi connectivity index (χ3n) is 2.78. The number of halogens is 3. The molecule has 0 radical (unpaired) electrons. The number of amides is 1. The van der Waals surface area contributed by atoms with E-state index in [1.807, 2.05) is 13.8 Å². The van der Waals surface area contributed by atoms with Crippen molar-refractivity contribution < 1.29 is 37.3 Å². The van der Waals surface area contributed by atoms with Gasteiger partial charge >= 0.3 is 12.1 Å². The normalized spacial score (nSPS) is 32.0. The first-order chi connectivity index (χ1) is 9.07. The molecule has 3 N–H and O–H groups in total. The van der Waals surface area contributed by atoms with Gasteiger partial charge in [-0.1, -0.05) is 0 Å². The average Bonchev–Trinajstić information content (AvgIpc) is 2.61. The van der Waals surface area contributed by atoms with Gasteiger partial charge in [0.25, 0.3) is 0 Å². The van der Waals surface area contributed by atoms with E-state index in [9.17, 15) is 13.2 Å². The molecule has 20 heavy (non-hydrogen) atoms. The first-order valence-electron chi connectivity index (χ1n) is 6.01. The number of hydrogen-bond acceptors (Lipinski definition) is 5. The maximum atomic E-state index is 10.7. The van der Waals surface area contributed by atoms with E-state index in [1.165, 1.54) is 0 Å². The SMILES string of the molecule is CC1(C)OC2CCOC(CO)C2O1.NC(=O)C(F)(F)F. The van der Waals surface area contributed by atoms with E-state index >= 15 is 0 Å². The Morgan fingerprint density at radius 3 is 2.40 bits per heavy atom. The molecule has 0 aromatic heterocycles. The second-order valence-corrected chi connectivity index (χ2v) is 4.88. The predicted molar refractivity (Wildman–Crippen MR) is 60.5 cm³/mol. The van der Waals surface area contributed by atoms with Crippen LogP contribution in [0.15, 0.2) is 0 Å². The Labute approximate surface area is 114 Å². The van der Waals surface area contributed by atoms with Crippen LogP contribution in [0.4, 0.5) is 13.2 Å². The molecule has 1 amide bonds. The summed E-state index contributed by atoms with van der Waals surface area (Å²) >= 11 is 0. The van der Waals surface area contributed by atoms with Crippen LogP contribution in [0.2, 0.25) is 0 Å². The predicted octanol–water partition coefficient (Wildman–Crippen LogP) is 0.322. The highest BCUT2D eigenvalue weighted by Crippen LogP contribution is 2.34. The zero-order chi connectivity index (χ0) is 15.6. The molecule has 118 valence electrons. The number of alkyl halides is 3. The Morgan fingerprint density at radius 2 is 1.95 bits per heavy atom. The standard InChI is InChI=1S/C9H16O4.C2H2F3NO/c1-9(2)12-6-3-4-11-7(5-10)8(6)13-9;3-2(4,5)1(6)7/h6-8,10H,3-5H2,1-2H3;(H2,6,7). The lowest BCUT2D eigenvalue weighted by Gasteiger charge is -2.29. The van der Waals surface area contributed by atoms with Crippen LogP contribution in [0.1, 0.15) is 20.3 Å². The summed E-state index contributed by atoms with van der Waals surface area (Å²) < 4.78 is 48.8. The van der Waals surface area contributed by atoms with Crippen molar-refractivity contribution >= 4 is 5.91 Å². The van der Waals surface area contributed by atoms with Gasteiger partial charge in [0.1, 0.15) is 12.2 Å². The third kappa shape index (κ3) is 4.58. The molecular weight excluding hydrogens is 283 g/mol. The molecule has 2 aliphatic rings. The summed E-state index contributed by atoms with van der Waals surface area (Å²) in [7, 11) is 0. The van der Waals surface area contributed by atoms with Gasteiger partial charge in [0, 0.05) is 6.61 Å². The summed E-state index contributed by atoms with van der Waals surface area (Å²) in [6, 6.07) is 0. The number of aliphatic hydroxyl groups excluding tert-OH is 1. The zero-order valence-corrected chi connectivity index (χ0v) is 11.1. The van der Waals surface area contributed by atoms with E-state index < -0.39 is 17.9 Å². The van der Waals surface area contributed by atoms with Crippen molar-refractivity contribution in [2.45, 2.75) is 50.5 Å². The van der Waals surface area contributed by atoms with Gasteiger partial charge in [0.05, 0.1) is 12.7 Å². The molecule has 2 saturated heterocycles. The minimum Gasteiger partial charge on any atom is -0.394 e. The minimum absolute atomic E-state index is 0.000602. The molecule has 0 spiro atoms. The number of fused-ring (bicyclic) bond motifs is 1. The highest BCUT2D eigenvalue weighted by molar-refractivity contribution is 5.79. The number of carbonyl (C=O) groups excluding carboxylic acids is 1. The molecule has 3 unspecified atom stereocenters. The van der Waals surface area contributed by atoms with Crippen molar-refractivity contribution in [3.63, 3.8) is 0 Å². The van der Waals surface area contributed by atoms with Gasteiger partial charge in [-0.3, -0.25) is 4.79 Å². The minimum atomic E-state index is -4.86. The van der Waals surface area contributed by atoms with Gasteiger partial charge in [-0.2, -0.15) is 13.2 Å². The summed E-state index contributed by atoms with van der Waals surface area (Å²) in [5, 5.41) is 9.05. The zero-order valence-electron chi connectivity index (χ0n) is 11.1. The summed E-state index contributed by atoms with van der Waals surface area (Å²) in [5.74, 6) is -2.79. The van der Waals surface area contributed by atoms with Crippen molar-refractivity contribution in [1.29, 1.82) is 0 Å². The molecule has 0 aromatic carbocycles. The van der Waals surface area contributed by atoms with Gasteiger partial charge in [0.2, 0.25) is 0 Å². The fraction of sp³-hybridized carbons (Fsp3) is 0.909. The highest BCUT2D eigenvalue weighted by Gasteiger charge is 2.47. The lowest BCUT2D eigenvalue weighted by Crippen LogP contribution is -2.44. The lowest BCUT2D eigenvalue weighted by molar-refractivity contribution is -0.169. The van der Waals surface area contributed by atoms with Gasteiger partial charge in [-0.05, 0) is 20.3 Å².